The molecule has 0 heterocycles. The van der Waals surface area contributed by atoms with Gasteiger partial charge in [-0.15, -0.1) is 0 Å². The van der Waals surface area contributed by atoms with Gasteiger partial charge in [0.15, 0.2) is 0 Å². The van der Waals surface area contributed by atoms with E-state index in [0.717, 1.165) is 28.9 Å². The summed E-state index contributed by atoms with van der Waals surface area (Å²) in [6.07, 6.45) is 2.10. The van der Waals surface area contributed by atoms with E-state index in [0.29, 0.717) is 12.8 Å². The van der Waals surface area contributed by atoms with E-state index >= 15 is 0 Å². The molecule has 0 amide bonds. The monoisotopic (exact) mass is 368 g/mol. The first kappa shape index (κ1) is 16.8. The molecule has 0 spiro atoms. The first-order chi connectivity index (χ1) is 13.7. The summed E-state index contributed by atoms with van der Waals surface area (Å²) in [5, 5.41) is 14.1. The first-order valence-electron chi connectivity index (χ1n) is 9.61. The van der Waals surface area contributed by atoms with Crippen molar-refractivity contribution in [2.45, 2.75) is 19.3 Å². The summed E-state index contributed by atoms with van der Waals surface area (Å²) in [5.41, 5.74) is 2.32. The lowest BCUT2D eigenvalue weighted by atomic mass is 9.84. The van der Waals surface area contributed by atoms with Crippen LogP contribution >= 0.6 is 0 Å². The summed E-state index contributed by atoms with van der Waals surface area (Å²) >= 11 is 0. The van der Waals surface area contributed by atoms with Crippen LogP contribution < -0.4 is 4.74 Å². The molecule has 0 fully saturated rings. The minimum Gasteiger partial charge on any atom is -0.481 e. The van der Waals surface area contributed by atoms with Gasteiger partial charge in [-0.1, -0.05) is 36.4 Å². The third kappa shape index (κ3) is 3.09. The normalized spacial score (nSPS) is 16.1. The van der Waals surface area contributed by atoms with Crippen LogP contribution in [0.15, 0.2) is 72.8 Å². The zero-order chi connectivity index (χ0) is 19.1. The molecule has 0 saturated carbocycles. The van der Waals surface area contributed by atoms with Crippen molar-refractivity contribution in [3.05, 3.63) is 83.9 Å². The van der Waals surface area contributed by atoms with Crippen LogP contribution in [0.25, 0.3) is 21.5 Å². The Bertz CT molecular complexity index is 1210. The number of hydrogen-bond acceptors (Lipinski definition) is 2. The Morgan fingerprint density at radius 3 is 2.25 bits per heavy atom. The summed E-state index contributed by atoms with van der Waals surface area (Å²) in [7, 11) is 0. The van der Waals surface area contributed by atoms with E-state index in [1.54, 1.807) is 0 Å². The number of fused-ring (bicyclic) bond motifs is 3. The molecule has 1 aliphatic carbocycles. The summed E-state index contributed by atoms with van der Waals surface area (Å²) in [6.45, 7) is 0. The average Bonchev–Trinajstić information content (AvgIpc) is 2.71. The number of ether oxygens (including phenoxy) is 1. The second-order valence-electron chi connectivity index (χ2n) is 7.52. The second kappa shape index (κ2) is 6.68. The number of aliphatic carboxylic acids is 1. The Hall–Kier alpha value is -3.33. The van der Waals surface area contributed by atoms with Crippen LogP contribution in [0.5, 0.6) is 11.5 Å². The van der Waals surface area contributed by atoms with Crippen molar-refractivity contribution in [3.8, 4) is 11.5 Å². The molecule has 1 atom stereocenters. The predicted octanol–water partition coefficient (Wildman–Crippen LogP) is 5.97. The quantitative estimate of drug-likeness (QED) is 0.453. The number of carboxylic acids is 1. The van der Waals surface area contributed by atoms with Gasteiger partial charge >= 0.3 is 5.97 Å². The van der Waals surface area contributed by atoms with Gasteiger partial charge < -0.3 is 9.84 Å². The maximum Gasteiger partial charge on any atom is 0.306 e. The summed E-state index contributed by atoms with van der Waals surface area (Å²) in [4.78, 5) is 11.3. The summed E-state index contributed by atoms with van der Waals surface area (Å²) in [6, 6.07) is 24.9. The van der Waals surface area contributed by atoms with E-state index in [-0.39, 0.29) is 5.92 Å². The Labute approximate surface area is 163 Å². The van der Waals surface area contributed by atoms with Crippen LogP contribution in [-0.4, -0.2) is 11.1 Å². The third-order valence-electron chi connectivity index (χ3n) is 5.67. The van der Waals surface area contributed by atoms with Gasteiger partial charge in [-0.05, 0) is 88.3 Å². The highest BCUT2D eigenvalue weighted by Crippen LogP contribution is 2.32. The Morgan fingerprint density at radius 1 is 0.786 bits per heavy atom. The highest BCUT2D eigenvalue weighted by Gasteiger charge is 2.24. The lowest BCUT2D eigenvalue weighted by Crippen LogP contribution is -2.22. The summed E-state index contributed by atoms with van der Waals surface area (Å²) < 4.78 is 6.11. The zero-order valence-electron chi connectivity index (χ0n) is 15.4. The van der Waals surface area contributed by atoms with Crippen molar-refractivity contribution in [1.82, 2.24) is 0 Å². The molecule has 4 aromatic carbocycles. The van der Waals surface area contributed by atoms with Gasteiger partial charge in [0, 0.05) is 0 Å². The second-order valence-corrected chi connectivity index (χ2v) is 7.52. The third-order valence-corrected chi connectivity index (χ3v) is 5.67. The molecular formula is C25H20O3. The number of hydrogen-bond donors (Lipinski definition) is 1. The van der Waals surface area contributed by atoms with Crippen molar-refractivity contribution < 1.29 is 14.6 Å². The molecule has 5 rings (SSSR count). The lowest BCUT2D eigenvalue weighted by Gasteiger charge is -2.22. The highest BCUT2D eigenvalue weighted by atomic mass is 16.5. The van der Waals surface area contributed by atoms with Gasteiger partial charge in [-0.2, -0.15) is 0 Å². The first-order valence-corrected chi connectivity index (χ1v) is 9.61. The van der Waals surface area contributed by atoms with Gasteiger partial charge in [0.25, 0.3) is 0 Å². The Balaban J connectivity index is 1.46. The van der Waals surface area contributed by atoms with Gasteiger partial charge in [0.05, 0.1) is 5.92 Å². The number of benzene rings is 4. The van der Waals surface area contributed by atoms with E-state index < -0.39 is 5.97 Å². The number of carboxylic acid groups (broad SMARTS) is 1. The molecule has 4 aromatic rings. The molecule has 0 aliphatic heterocycles. The maximum atomic E-state index is 11.3. The van der Waals surface area contributed by atoms with Gasteiger partial charge in [-0.25, -0.2) is 0 Å². The fourth-order valence-electron chi connectivity index (χ4n) is 4.13. The van der Waals surface area contributed by atoms with Crippen LogP contribution in [-0.2, 0) is 17.6 Å². The molecule has 0 aromatic heterocycles. The van der Waals surface area contributed by atoms with Gasteiger partial charge in [-0.3, -0.25) is 4.79 Å². The molecule has 138 valence electrons. The average molecular weight is 368 g/mol. The van der Waals surface area contributed by atoms with Crippen molar-refractivity contribution in [2.75, 3.05) is 0 Å². The molecule has 1 N–H and O–H groups in total. The van der Waals surface area contributed by atoms with Crippen molar-refractivity contribution in [2.24, 2.45) is 5.92 Å². The molecule has 0 bridgehead atoms. The zero-order valence-corrected chi connectivity index (χ0v) is 15.4. The molecule has 0 radical (unpaired) electrons. The Morgan fingerprint density at radius 2 is 1.46 bits per heavy atom. The lowest BCUT2D eigenvalue weighted by molar-refractivity contribution is -0.142. The topological polar surface area (TPSA) is 46.5 Å². The fourth-order valence-corrected chi connectivity index (χ4v) is 4.13. The molecule has 1 unspecified atom stereocenters. The van der Waals surface area contributed by atoms with E-state index in [2.05, 4.69) is 48.5 Å². The van der Waals surface area contributed by atoms with Crippen molar-refractivity contribution in [3.63, 3.8) is 0 Å². The minimum atomic E-state index is -0.710. The van der Waals surface area contributed by atoms with Crippen LogP contribution in [0.1, 0.15) is 17.5 Å². The number of aryl methyl sites for hydroxylation is 1. The van der Waals surface area contributed by atoms with Gasteiger partial charge in [0.1, 0.15) is 11.5 Å². The highest BCUT2D eigenvalue weighted by molar-refractivity contribution is 5.98. The minimum absolute atomic E-state index is 0.295. The molecule has 28 heavy (non-hydrogen) atoms. The van der Waals surface area contributed by atoms with Crippen LogP contribution in [0.4, 0.5) is 0 Å². The maximum absolute atomic E-state index is 11.3. The molecule has 3 heteroatoms. The molecular weight excluding hydrogens is 348 g/mol. The van der Waals surface area contributed by atoms with E-state index in [1.165, 1.54) is 21.7 Å². The Kier molecular flexibility index (Phi) is 4.01. The van der Waals surface area contributed by atoms with E-state index in [9.17, 15) is 9.90 Å². The van der Waals surface area contributed by atoms with Crippen LogP contribution in [0.2, 0.25) is 0 Å². The van der Waals surface area contributed by atoms with Crippen molar-refractivity contribution in [1.29, 1.82) is 0 Å². The molecule has 1 aliphatic rings. The predicted molar refractivity (Wildman–Crippen MR) is 111 cm³/mol. The smallest absolute Gasteiger partial charge is 0.306 e. The van der Waals surface area contributed by atoms with Crippen LogP contribution in [0.3, 0.4) is 0 Å². The van der Waals surface area contributed by atoms with Crippen molar-refractivity contribution >= 4 is 27.5 Å². The molecule has 3 nitrogen and oxygen atoms in total. The number of carbonyl (C=O) groups is 1. The fraction of sp³-hybridized carbons (Fsp3) is 0.160. The standard InChI is InChI=1S/C25H20O3/c26-25(27)20-6-5-16-7-9-23(14-21(16)13-20)28-24-10-8-19-11-17-3-1-2-4-18(17)12-22(19)15-24/h1-4,7-12,14-15,20H,5-6,13H2,(H,26,27). The van der Waals surface area contributed by atoms with E-state index in [1.807, 2.05) is 24.3 Å². The SMILES string of the molecule is O=C(O)C1CCc2ccc(Oc3ccc4cc5ccccc5cc4c3)cc2C1. The van der Waals surface area contributed by atoms with E-state index in [4.69, 9.17) is 4.74 Å². The van der Waals surface area contributed by atoms with Gasteiger partial charge in [0.2, 0.25) is 0 Å². The molecule has 0 saturated heterocycles. The number of rotatable bonds is 3. The largest absolute Gasteiger partial charge is 0.481 e. The van der Waals surface area contributed by atoms with Crippen LogP contribution in [0, 0.1) is 5.92 Å². The summed E-state index contributed by atoms with van der Waals surface area (Å²) in [5.74, 6) is 0.536.